The third kappa shape index (κ3) is 3.99. The smallest absolute Gasteiger partial charge is 0.416 e. The van der Waals surface area contributed by atoms with Crippen LogP contribution in [-0.4, -0.2) is 25.3 Å². The molecule has 0 radical (unpaired) electrons. The van der Waals surface area contributed by atoms with E-state index in [4.69, 9.17) is 21.1 Å². The number of aryl methyl sites for hydroxylation is 1. The molecule has 1 N–H and O–H groups in total. The minimum atomic E-state index is -4.45. The summed E-state index contributed by atoms with van der Waals surface area (Å²) >= 11 is 6.52. The van der Waals surface area contributed by atoms with Gasteiger partial charge >= 0.3 is 12.1 Å². The Hall–Kier alpha value is -2.51. The second-order valence-corrected chi connectivity index (χ2v) is 8.57. The zero-order chi connectivity index (χ0) is 23.1. The zero-order valence-electron chi connectivity index (χ0n) is 17.7. The Morgan fingerprint density at radius 1 is 1.16 bits per heavy atom. The standard InChI is InChI=1S/C24H23ClF3NO3/c1-14-10-18(15-6-5-7-16(11-15)24(26,27)28)19(25)12-17(14)20-21(31-13-29-2)23(32-22(20)30)8-3-4-9-23/h5-7,10-12,29H,3-4,8-9,13H2,1-2H3. The number of carbonyl (C=O) groups excluding carboxylic acids is 1. The lowest BCUT2D eigenvalue weighted by atomic mass is 9.91. The SMILES string of the molecule is CNCOC1=C(c2cc(Cl)c(-c3cccc(C(F)(F)F)c3)cc2C)C(=O)OC12CCCC2. The van der Waals surface area contributed by atoms with Crippen LogP contribution in [0, 0.1) is 6.92 Å². The molecule has 1 aliphatic heterocycles. The van der Waals surface area contributed by atoms with Gasteiger partial charge in [0.2, 0.25) is 0 Å². The van der Waals surface area contributed by atoms with Gasteiger partial charge in [-0.25, -0.2) is 4.79 Å². The largest absolute Gasteiger partial charge is 0.478 e. The minimum absolute atomic E-state index is 0.215. The van der Waals surface area contributed by atoms with E-state index in [9.17, 15) is 18.0 Å². The summed E-state index contributed by atoms with van der Waals surface area (Å²) in [5, 5.41) is 3.16. The Labute approximate surface area is 189 Å². The van der Waals surface area contributed by atoms with Crippen LogP contribution < -0.4 is 5.32 Å². The first-order chi connectivity index (χ1) is 15.2. The molecule has 2 aliphatic rings. The molecular formula is C24H23ClF3NO3. The minimum Gasteiger partial charge on any atom is -0.478 e. The van der Waals surface area contributed by atoms with Crippen molar-refractivity contribution < 1.29 is 27.4 Å². The van der Waals surface area contributed by atoms with Crippen molar-refractivity contribution in [3.05, 3.63) is 63.9 Å². The summed E-state index contributed by atoms with van der Waals surface area (Å²) in [7, 11) is 1.74. The van der Waals surface area contributed by atoms with Gasteiger partial charge in [0.15, 0.2) is 11.4 Å². The van der Waals surface area contributed by atoms with Crippen molar-refractivity contribution in [1.29, 1.82) is 0 Å². The highest BCUT2D eigenvalue weighted by Gasteiger charge is 2.51. The van der Waals surface area contributed by atoms with Gasteiger partial charge < -0.3 is 9.47 Å². The van der Waals surface area contributed by atoms with Crippen molar-refractivity contribution >= 4 is 23.1 Å². The van der Waals surface area contributed by atoms with Crippen molar-refractivity contribution in [2.24, 2.45) is 0 Å². The molecule has 0 saturated heterocycles. The van der Waals surface area contributed by atoms with Gasteiger partial charge in [-0.05, 0) is 80.6 Å². The molecule has 1 heterocycles. The Morgan fingerprint density at radius 2 is 1.88 bits per heavy atom. The Bertz CT molecular complexity index is 1090. The van der Waals surface area contributed by atoms with E-state index < -0.39 is 23.3 Å². The van der Waals surface area contributed by atoms with Gasteiger partial charge in [-0.15, -0.1) is 0 Å². The summed E-state index contributed by atoms with van der Waals surface area (Å²) in [6, 6.07) is 8.32. The van der Waals surface area contributed by atoms with Crippen molar-refractivity contribution in [3.63, 3.8) is 0 Å². The Kier molecular flexibility index (Phi) is 5.98. The molecule has 32 heavy (non-hydrogen) atoms. The number of ether oxygens (including phenoxy) is 2. The Balaban J connectivity index is 1.81. The fourth-order valence-electron chi connectivity index (χ4n) is 4.49. The molecule has 1 fully saturated rings. The van der Waals surface area contributed by atoms with E-state index in [2.05, 4.69) is 5.32 Å². The van der Waals surface area contributed by atoms with Crippen LogP contribution in [0.4, 0.5) is 13.2 Å². The maximum Gasteiger partial charge on any atom is 0.416 e. The van der Waals surface area contributed by atoms with Crippen molar-refractivity contribution in [1.82, 2.24) is 5.32 Å². The van der Waals surface area contributed by atoms with Crippen molar-refractivity contribution in [3.8, 4) is 11.1 Å². The Morgan fingerprint density at radius 3 is 2.53 bits per heavy atom. The van der Waals surface area contributed by atoms with E-state index in [0.717, 1.165) is 25.0 Å². The molecule has 0 atom stereocenters. The molecule has 0 bridgehead atoms. The molecule has 4 rings (SSSR count). The third-order valence-corrected chi connectivity index (χ3v) is 6.30. The van der Waals surface area contributed by atoms with Crippen molar-refractivity contribution in [2.45, 2.75) is 44.4 Å². The van der Waals surface area contributed by atoms with Gasteiger partial charge in [-0.2, -0.15) is 13.2 Å². The van der Waals surface area contributed by atoms with Gasteiger partial charge in [-0.3, -0.25) is 5.32 Å². The number of hydrogen-bond donors (Lipinski definition) is 1. The number of carbonyl (C=O) groups is 1. The second-order valence-electron chi connectivity index (χ2n) is 8.16. The predicted molar refractivity (Wildman–Crippen MR) is 116 cm³/mol. The van der Waals surface area contributed by atoms with Crippen LogP contribution in [0.3, 0.4) is 0 Å². The highest BCUT2D eigenvalue weighted by Crippen LogP contribution is 2.49. The fourth-order valence-corrected chi connectivity index (χ4v) is 4.76. The van der Waals surface area contributed by atoms with Gasteiger partial charge in [0.05, 0.1) is 5.56 Å². The van der Waals surface area contributed by atoms with E-state index in [0.29, 0.717) is 46.4 Å². The number of hydrogen-bond acceptors (Lipinski definition) is 4. The molecule has 0 aromatic heterocycles. The number of alkyl halides is 3. The van der Waals surface area contributed by atoms with Gasteiger partial charge in [0.25, 0.3) is 0 Å². The quantitative estimate of drug-likeness (QED) is 0.427. The fraction of sp³-hybridized carbons (Fsp3) is 0.375. The topological polar surface area (TPSA) is 47.6 Å². The number of nitrogens with one attached hydrogen (secondary N) is 1. The van der Waals surface area contributed by atoms with E-state index in [1.807, 2.05) is 0 Å². The van der Waals surface area contributed by atoms with Gasteiger partial charge in [-0.1, -0.05) is 23.7 Å². The summed E-state index contributed by atoms with van der Waals surface area (Å²) in [5.74, 6) is 0.0318. The number of rotatable bonds is 5. The summed E-state index contributed by atoms with van der Waals surface area (Å²) in [5.41, 5.74) is 0.876. The lowest BCUT2D eigenvalue weighted by Gasteiger charge is -2.25. The number of benzene rings is 2. The second kappa shape index (κ2) is 8.45. The molecule has 4 nitrogen and oxygen atoms in total. The van der Waals surface area contributed by atoms with Crippen LogP contribution in [0.2, 0.25) is 5.02 Å². The first kappa shape index (κ1) is 22.7. The maximum atomic E-state index is 13.2. The van der Waals surface area contributed by atoms with Crippen LogP contribution >= 0.6 is 11.6 Å². The molecule has 2 aromatic rings. The molecule has 8 heteroatoms. The highest BCUT2D eigenvalue weighted by molar-refractivity contribution is 6.34. The summed E-state index contributed by atoms with van der Waals surface area (Å²) in [6.07, 6.45) is -1.21. The lowest BCUT2D eigenvalue weighted by Crippen LogP contribution is -2.30. The molecule has 1 spiro atoms. The molecule has 170 valence electrons. The molecule has 1 aliphatic carbocycles. The average Bonchev–Trinajstić information content (AvgIpc) is 3.31. The highest BCUT2D eigenvalue weighted by atomic mass is 35.5. The zero-order valence-corrected chi connectivity index (χ0v) is 18.5. The van der Waals surface area contributed by atoms with Crippen LogP contribution in [0.1, 0.15) is 42.4 Å². The maximum absolute atomic E-state index is 13.2. The number of halogens is 4. The van der Waals surface area contributed by atoms with E-state index in [-0.39, 0.29) is 11.8 Å². The normalized spacial score (nSPS) is 17.9. The molecule has 0 amide bonds. The van der Waals surface area contributed by atoms with Crippen LogP contribution in [0.5, 0.6) is 0 Å². The predicted octanol–water partition coefficient (Wildman–Crippen LogP) is 6.11. The summed E-state index contributed by atoms with van der Waals surface area (Å²) < 4.78 is 51.2. The molecular weight excluding hydrogens is 443 g/mol. The van der Waals surface area contributed by atoms with E-state index >= 15 is 0 Å². The van der Waals surface area contributed by atoms with Crippen LogP contribution in [-0.2, 0) is 20.4 Å². The summed E-state index contributed by atoms with van der Waals surface area (Å²) in [4.78, 5) is 12.9. The molecule has 0 unspecified atom stereocenters. The summed E-state index contributed by atoms with van der Waals surface area (Å²) in [6.45, 7) is 2.00. The van der Waals surface area contributed by atoms with Gasteiger partial charge in [0.1, 0.15) is 12.3 Å². The van der Waals surface area contributed by atoms with E-state index in [1.165, 1.54) is 6.07 Å². The van der Waals surface area contributed by atoms with E-state index in [1.54, 1.807) is 32.2 Å². The van der Waals surface area contributed by atoms with Crippen molar-refractivity contribution in [2.75, 3.05) is 13.8 Å². The van der Waals surface area contributed by atoms with Gasteiger partial charge in [0, 0.05) is 10.6 Å². The molecule has 2 aromatic carbocycles. The lowest BCUT2D eigenvalue weighted by molar-refractivity contribution is -0.146. The first-order valence-corrected chi connectivity index (χ1v) is 10.8. The monoisotopic (exact) mass is 465 g/mol. The third-order valence-electron chi connectivity index (χ3n) is 5.99. The molecule has 1 saturated carbocycles. The average molecular weight is 466 g/mol. The number of esters is 1. The van der Waals surface area contributed by atoms with Crippen LogP contribution in [0.15, 0.2) is 42.2 Å². The van der Waals surface area contributed by atoms with Crippen LogP contribution in [0.25, 0.3) is 16.7 Å². The first-order valence-electron chi connectivity index (χ1n) is 10.4.